The molecular weight excluding hydrogens is 434 g/mol. The summed E-state index contributed by atoms with van der Waals surface area (Å²) in [5.74, 6) is 0.715. The van der Waals surface area contributed by atoms with Crippen molar-refractivity contribution in [1.82, 2.24) is 14.9 Å². The van der Waals surface area contributed by atoms with E-state index in [1.165, 1.54) is 25.2 Å². The van der Waals surface area contributed by atoms with Crippen LogP contribution in [0.5, 0.6) is 0 Å². The van der Waals surface area contributed by atoms with Gasteiger partial charge in [0.2, 0.25) is 6.41 Å². The van der Waals surface area contributed by atoms with Gasteiger partial charge >= 0.3 is 6.09 Å². The van der Waals surface area contributed by atoms with Gasteiger partial charge in [-0.1, -0.05) is 18.5 Å². The molecule has 10 heteroatoms. The number of carbonyl (C=O) groups is 3. The summed E-state index contributed by atoms with van der Waals surface area (Å²) in [6.45, 7) is 3.68. The SMILES string of the molecule is CC1CCC(N2CCOC2=O)CC1.O=CNc1cccnc1C(=O)Nc1ccc(Cl)cn1. The molecule has 2 N–H and O–H groups in total. The molecule has 4 rings (SSSR count). The van der Waals surface area contributed by atoms with Crippen LogP contribution in [0.4, 0.5) is 16.3 Å². The second-order valence-corrected chi connectivity index (χ2v) is 8.14. The molecule has 1 saturated heterocycles. The Labute approximate surface area is 191 Å². The molecule has 2 aromatic rings. The Morgan fingerprint density at radius 3 is 2.62 bits per heavy atom. The van der Waals surface area contributed by atoms with Gasteiger partial charge in [-0.3, -0.25) is 9.59 Å². The minimum Gasteiger partial charge on any atom is -0.448 e. The number of carbonyl (C=O) groups excluding carboxylic acids is 3. The summed E-state index contributed by atoms with van der Waals surface area (Å²) in [6.07, 6.45) is 8.10. The summed E-state index contributed by atoms with van der Waals surface area (Å²) < 4.78 is 4.93. The molecule has 1 aliphatic carbocycles. The minimum absolute atomic E-state index is 0.0976. The van der Waals surface area contributed by atoms with Gasteiger partial charge in [0.15, 0.2) is 5.69 Å². The fraction of sp³-hybridized carbons (Fsp3) is 0.409. The number of ether oxygens (including phenoxy) is 1. The van der Waals surface area contributed by atoms with Gasteiger partial charge in [0, 0.05) is 18.4 Å². The lowest BCUT2D eigenvalue weighted by molar-refractivity contribution is -0.105. The molecule has 0 atom stereocenters. The van der Waals surface area contributed by atoms with E-state index in [2.05, 4.69) is 27.5 Å². The second-order valence-electron chi connectivity index (χ2n) is 7.70. The molecule has 3 heterocycles. The molecule has 170 valence electrons. The van der Waals surface area contributed by atoms with E-state index in [0.717, 1.165) is 25.3 Å². The van der Waals surface area contributed by atoms with Gasteiger partial charge in [0.25, 0.3) is 5.91 Å². The van der Waals surface area contributed by atoms with Crippen LogP contribution >= 0.6 is 11.6 Å². The van der Waals surface area contributed by atoms with E-state index < -0.39 is 5.91 Å². The lowest BCUT2D eigenvalue weighted by Crippen LogP contribution is -2.38. The summed E-state index contributed by atoms with van der Waals surface area (Å²) in [4.78, 5) is 43.5. The van der Waals surface area contributed by atoms with Crippen LogP contribution in [0.1, 0.15) is 43.1 Å². The zero-order valence-corrected chi connectivity index (χ0v) is 18.5. The lowest BCUT2D eigenvalue weighted by atomic mass is 9.87. The van der Waals surface area contributed by atoms with Gasteiger partial charge in [0.05, 0.1) is 17.3 Å². The predicted molar refractivity (Wildman–Crippen MR) is 121 cm³/mol. The van der Waals surface area contributed by atoms with Crippen molar-refractivity contribution in [2.45, 2.75) is 38.6 Å². The summed E-state index contributed by atoms with van der Waals surface area (Å²) in [6, 6.07) is 6.82. The number of cyclic esters (lactones) is 1. The van der Waals surface area contributed by atoms with Crippen molar-refractivity contribution < 1.29 is 19.1 Å². The molecule has 2 aliphatic rings. The number of anilines is 2. The Kier molecular flexibility index (Phi) is 8.38. The highest BCUT2D eigenvalue weighted by Gasteiger charge is 2.31. The van der Waals surface area contributed by atoms with Gasteiger partial charge in [-0.25, -0.2) is 14.8 Å². The van der Waals surface area contributed by atoms with Gasteiger partial charge in [-0.2, -0.15) is 0 Å². The Morgan fingerprint density at radius 2 is 2.00 bits per heavy atom. The Hall–Kier alpha value is -3.20. The average molecular weight is 460 g/mol. The van der Waals surface area contributed by atoms with E-state index in [9.17, 15) is 14.4 Å². The quantitative estimate of drug-likeness (QED) is 0.654. The third kappa shape index (κ3) is 6.40. The maximum absolute atomic E-state index is 12.0. The summed E-state index contributed by atoms with van der Waals surface area (Å²) in [7, 11) is 0. The first-order chi connectivity index (χ1) is 15.5. The summed E-state index contributed by atoms with van der Waals surface area (Å²) in [5, 5.41) is 5.44. The fourth-order valence-electron chi connectivity index (χ4n) is 3.68. The van der Waals surface area contributed by atoms with Crippen LogP contribution in [-0.2, 0) is 9.53 Å². The van der Waals surface area contributed by atoms with Crippen LogP contribution in [0.2, 0.25) is 5.02 Å². The molecule has 32 heavy (non-hydrogen) atoms. The largest absolute Gasteiger partial charge is 0.448 e. The van der Waals surface area contributed by atoms with E-state index in [0.29, 0.717) is 35.6 Å². The van der Waals surface area contributed by atoms with Crippen molar-refractivity contribution in [2.24, 2.45) is 5.92 Å². The molecule has 0 bridgehead atoms. The molecule has 0 aromatic carbocycles. The van der Waals surface area contributed by atoms with E-state index in [1.54, 1.807) is 24.3 Å². The summed E-state index contributed by atoms with van der Waals surface area (Å²) in [5.41, 5.74) is 0.426. The van der Waals surface area contributed by atoms with Crippen molar-refractivity contribution in [3.8, 4) is 0 Å². The number of nitrogens with one attached hydrogen (secondary N) is 2. The number of amides is 3. The monoisotopic (exact) mass is 459 g/mol. The second kappa shape index (κ2) is 11.4. The molecular formula is C22H26ClN5O4. The van der Waals surface area contributed by atoms with Crippen LogP contribution in [0.3, 0.4) is 0 Å². The highest BCUT2D eigenvalue weighted by atomic mass is 35.5. The number of hydrogen-bond acceptors (Lipinski definition) is 6. The molecule has 0 unspecified atom stereocenters. The third-order valence-electron chi connectivity index (χ3n) is 5.42. The predicted octanol–water partition coefficient (Wildman–Crippen LogP) is 3.97. The van der Waals surface area contributed by atoms with E-state index in [-0.39, 0.29) is 11.8 Å². The normalized spacial score (nSPS) is 19.9. The number of halogens is 1. The average Bonchev–Trinajstić information content (AvgIpc) is 3.23. The first kappa shape index (κ1) is 23.5. The maximum atomic E-state index is 12.0. The molecule has 2 fully saturated rings. The topological polar surface area (TPSA) is 114 Å². The third-order valence-corrected chi connectivity index (χ3v) is 5.65. The van der Waals surface area contributed by atoms with Crippen molar-refractivity contribution in [2.75, 3.05) is 23.8 Å². The first-order valence-corrected chi connectivity index (χ1v) is 10.9. The van der Waals surface area contributed by atoms with Crippen molar-refractivity contribution >= 4 is 41.5 Å². The Balaban J connectivity index is 0.000000193. The minimum atomic E-state index is -0.472. The van der Waals surface area contributed by atoms with Crippen LogP contribution < -0.4 is 10.6 Å². The van der Waals surface area contributed by atoms with Gasteiger partial charge < -0.3 is 20.3 Å². The maximum Gasteiger partial charge on any atom is 0.410 e. The molecule has 0 spiro atoms. The highest BCUT2D eigenvalue weighted by molar-refractivity contribution is 6.30. The molecule has 1 aliphatic heterocycles. The number of pyridine rings is 2. The standard InChI is InChI=1S/C12H9ClN4O2.C10H17NO2/c13-8-3-4-10(15-6-8)17-12(19)11-9(16-7-18)2-1-5-14-11;1-8-2-4-9(5-3-8)11-6-7-13-10(11)12/h1-7H,(H,16,18)(H,15,17,19);8-9H,2-7H2,1H3. The number of aromatic nitrogens is 2. The van der Waals surface area contributed by atoms with E-state index in [1.807, 2.05) is 4.90 Å². The van der Waals surface area contributed by atoms with E-state index in [4.69, 9.17) is 16.3 Å². The van der Waals surface area contributed by atoms with E-state index >= 15 is 0 Å². The van der Waals surface area contributed by atoms with Crippen molar-refractivity contribution in [3.63, 3.8) is 0 Å². The summed E-state index contributed by atoms with van der Waals surface area (Å²) >= 11 is 5.70. The van der Waals surface area contributed by atoms with Gasteiger partial charge in [-0.15, -0.1) is 0 Å². The molecule has 0 radical (unpaired) electrons. The molecule has 9 nitrogen and oxygen atoms in total. The van der Waals surface area contributed by atoms with Crippen molar-refractivity contribution in [3.05, 3.63) is 47.4 Å². The number of nitrogens with zero attached hydrogens (tertiary/aromatic N) is 3. The number of rotatable bonds is 5. The lowest BCUT2D eigenvalue weighted by Gasteiger charge is -2.31. The first-order valence-electron chi connectivity index (χ1n) is 10.5. The Morgan fingerprint density at radius 1 is 1.22 bits per heavy atom. The van der Waals surface area contributed by atoms with Crippen LogP contribution in [0.15, 0.2) is 36.7 Å². The zero-order chi connectivity index (χ0) is 22.9. The van der Waals surface area contributed by atoms with Crippen LogP contribution in [0, 0.1) is 5.92 Å². The highest BCUT2D eigenvalue weighted by Crippen LogP contribution is 2.28. The zero-order valence-electron chi connectivity index (χ0n) is 17.8. The fourth-order valence-corrected chi connectivity index (χ4v) is 3.79. The van der Waals surface area contributed by atoms with Crippen molar-refractivity contribution in [1.29, 1.82) is 0 Å². The Bertz CT molecular complexity index is 932. The smallest absolute Gasteiger partial charge is 0.410 e. The van der Waals surface area contributed by atoms with Gasteiger partial charge in [0.1, 0.15) is 12.4 Å². The van der Waals surface area contributed by atoms with Crippen LogP contribution in [-0.4, -0.2) is 52.5 Å². The molecule has 2 aromatic heterocycles. The molecule has 3 amide bonds. The molecule has 1 saturated carbocycles. The van der Waals surface area contributed by atoms with Crippen LogP contribution in [0.25, 0.3) is 0 Å². The number of hydrogen-bond donors (Lipinski definition) is 2. The van der Waals surface area contributed by atoms with Gasteiger partial charge in [-0.05, 0) is 55.9 Å².